The third-order valence-electron chi connectivity index (χ3n) is 3.17. The van der Waals surface area contributed by atoms with Gasteiger partial charge >= 0.3 is 0 Å². The van der Waals surface area contributed by atoms with Gasteiger partial charge in [0.1, 0.15) is 0 Å². The van der Waals surface area contributed by atoms with Crippen molar-refractivity contribution in [3.8, 4) is 0 Å². The molecule has 0 unspecified atom stereocenters. The van der Waals surface area contributed by atoms with E-state index >= 15 is 0 Å². The van der Waals surface area contributed by atoms with Gasteiger partial charge in [0.25, 0.3) is 0 Å². The van der Waals surface area contributed by atoms with E-state index in [1.54, 1.807) is 0 Å². The highest BCUT2D eigenvalue weighted by atomic mass is 16.6. The fraction of sp³-hybridized carbons (Fsp3) is 0.778. The Bertz CT molecular complexity index is 181. The zero-order valence-electron chi connectivity index (χ0n) is 5.99. The lowest BCUT2D eigenvalue weighted by molar-refractivity contribution is 0.298. The highest BCUT2D eigenvalue weighted by Gasteiger charge is 2.44. The van der Waals surface area contributed by atoms with Gasteiger partial charge in [0.15, 0.2) is 0 Å². The minimum Gasteiger partial charge on any atom is -0.373 e. The fourth-order valence-electron chi connectivity index (χ4n) is 2.55. The standard InChI is InChI=1S/C9H12O/c1-2-7-3-6(1)4-8(7)9-5-10-9/h1-2,6-9H,3-5H2/t6-,7-,8+,9+/m1/s1. The van der Waals surface area contributed by atoms with Crippen LogP contribution >= 0.6 is 0 Å². The molecule has 1 nitrogen and oxygen atoms in total. The Labute approximate surface area is 61.1 Å². The first-order valence-corrected chi connectivity index (χ1v) is 4.23. The van der Waals surface area contributed by atoms with E-state index in [9.17, 15) is 0 Å². The molecule has 0 aromatic heterocycles. The van der Waals surface area contributed by atoms with E-state index in [1.165, 1.54) is 12.8 Å². The highest BCUT2D eigenvalue weighted by molar-refractivity contribution is 5.12. The minimum atomic E-state index is 0.653. The summed E-state index contributed by atoms with van der Waals surface area (Å²) >= 11 is 0. The molecule has 2 bridgehead atoms. The monoisotopic (exact) mass is 136 g/mol. The van der Waals surface area contributed by atoms with Crippen molar-refractivity contribution in [3.05, 3.63) is 12.2 Å². The molecule has 1 heterocycles. The average molecular weight is 136 g/mol. The van der Waals surface area contributed by atoms with Gasteiger partial charge in [-0.25, -0.2) is 0 Å². The maximum atomic E-state index is 5.31. The third kappa shape index (κ3) is 0.615. The Balaban J connectivity index is 1.83. The number of allylic oxidation sites excluding steroid dienone is 2. The molecule has 0 spiro atoms. The molecule has 10 heavy (non-hydrogen) atoms. The van der Waals surface area contributed by atoms with E-state index in [-0.39, 0.29) is 0 Å². The predicted molar refractivity (Wildman–Crippen MR) is 38.6 cm³/mol. The molecule has 4 atom stereocenters. The molecule has 2 aliphatic carbocycles. The van der Waals surface area contributed by atoms with E-state index in [0.29, 0.717) is 6.10 Å². The topological polar surface area (TPSA) is 12.5 Å². The van der Waals surface area contributed by atoms with Crippen LogP contribution in [0, 0.1) is 17.8 Å². The fourth-order valence-corrected chi connectivity index (χ4v) is 2.55. The van der Waals surface area contributed by atoms with Gasteiger partial charge in [-0.2, -0.15) is 0 Å². The summed E-state index contributed by atoms with van der Waals surface area (Å²) in [5, 5.41) is 0. The maximum absolute atomic E-state index is 5.31. The Morgan fingerprint density at radius 3 is 2.60 bits per heavy atom. The van der Waals surface area contributed by atoms with Gasteiger partial charge in [-0.05, 0) is 30.6 Å². The second-order valence-electron chi connectivity index (χ2n) is 3.82. The molecule has 0 aromatic carbocycles. The Kier molecular flexibility index (Phi) is 0.883. The van der Waals surface area contributed by atoms with Gasteiger partial charge in [-0.3, -0.25) is 0 Å². The van der Waals surface area contributed by atoms with Crippen molar-refractivity contribution in [2.75, 3.05) is 6.61 Å². The number of fused-ring (bicyclic) bond motifs is 2. The number of hydrogen-bond donors (Lipinski definition) is 0. The van der Waals surface area contributed by atoms with Gasteiger partial charge in [0, 0.05) is 0 Å². The summed E-state index contributed by atoms with van der Waals surface area (Å²) < 4.78 is 5.31. The molecular formula is C9H12O. The second-order valence-corrected chi connectivity index (χ2v) is 3.82. The van der Waals surface area contributed by atoms with Crippen LogP contribution in [0.25, 0.3) is 0 Å². The minimum absolute atomic E-state index is 0.653. The van der Waals surface area contributed by atoms with Gasteiger partial charge in [-0.15, -0.1) is 0 Å². The van der Waals surface area contributed by atoms with Crippen molar-refractivity contribution in [1.82, 2.24) is 0 Å². The van der Waals surface area contributed by atoms with Crippen LogP contribution in [0.15, 0.2) is 12.2 Å². The van der Waals surface area contributed by atoms with Crippen molar-refractivity contribution in [1.29, 1.82) is 0 Å². The molecule has 0 amide bonds. The van der Waals surface area contributed by atoms with Gasteiger partial charge < -0.3 is 4.74 Å². The van der Waals surface area contributed by atoms with Crippen LogP contribution in [0.4, 0.5) is 0 Å². The zero-order valence-corrected chi connectivity index (χ0v) is 5.99. The first kappa shape index (κ1) is 5.36. The Morgan fingerprint density at radius 2 is 2.10 bits per heavy atom. The largest absolute Gasteiger partial charge is 0.373 e. The van der Waals surface area contributed by atoms with Crippen molar-refractivity contribution < 1.29 is 4.74 Å². The van der Waals surface area contributed by atoms with Crippen molar-refractivity contribution in [2.24, 2.45) is 17.8 Å². The third-order valence-corrected chi connectivity index (χ3v) is 3.17. The Morgan fingerprint density at radius 1 is 1.20 bits per heavy atom. The van der Waals surface area contributed by atoms with Crippen LogP contribution in [-0.2, 0) is 4.74 Å². The predicted octanol–water partition coefficient (Wildman–Crippen LogP) is 1.60. The van der Waals surface area contributed by atoms with E-state index < -0.39 is 0 Å². The van der Waals surface area contributed by atoms with Crippen molar-refractivity contribution >= 4 is 0 Å². The molecule has 0 N–H and O–H groups in total. The van der Waals surface area contributed by atoms with Gasteiger partial charge in [-0.1, -0.05) is 12.2 Å². The summed E-state index contributed by atoms with van der Waals surface area (Å²) in [6, 6.07) is 0. The summed E-state index contributed by atoms with van der Waals surface area (Å²) in [6.45, 7) is 1.04. The van der Waals surface area contributed by atoms with E-state index in [2.05, 4.69) is 12.2 Å². The lowest BCUT2D eigenvalue weighted by Gasteiger charge is -2.14. The van der Waals surface area contributed by atoms with Gasteiger partial charge in [0.2, 0.25) is 0 Å². The molecule has 1 heteroatoms. The number of ether oxygens (including phenoxy) is 1. The summed E-state index contributed by atoms with van der Waals surface area (Å²) in [6.07, 6.45) is 8.28. The lowest BCUT2D eigenvalue weighted by atomic mass is 9.91. The molecule has 1 saturated heterocycles. The second kappa shape index (κ2) is 1.65. The van der Waals surface area contributed by atoms with Crippen LogP contribution in [0.2, 0.25) is 0 Å². The molecule has 0 aromatic rings. The van der Waals surface area contributed by atoms with Gasteiger partial charge in [0.05, 0.1) is 12.7 Å². The van der Waals surface area contributed by atoms with Crippen molar-refractivity contribution in [3.63, 3.8) is 0 Å². The molecule has 54 valence electrons. The average Bonchev–Trinajstić information content (AvgIpc) is 2.60. The van der Waals surface area contributed by atoms with E-state index in [0.717, 1.165) is 24.4 Å². The van der Waals surface area contributed by atoms with Crippen LogP contribution in [0.1, 0.15) is 12.8 Å². The number of epoxide rings is 1. The molecule has 3 rings (SSSR count). The highest BCUT2D eigenvalue weighted by Crippen LogP contribution is 2.47. The maximum Gasteiger partial charge on any atom is 0.0843 e. The van der Waals surface area contributed by atoms with Crippen LogP contribution < -0.4 is 0 Å². The first-order chi connectivity index (χ1) is 4.93. The van der Waals surface area contributed by atoms with Crippen LogP contribution in [0.5, 0.6) is 0 Å². The molecule has 1 aliphatic heterocycles. The molecule has 3 aliphatic rings. The molecule has 2 fully saturated rings. The summed E-state index contributed by atoms with van der Waals surface area (Å²) in [4.78, 5) is 0. The molecular weight excluding hydrogens is 124 g/mol. The number of rotatable bonds is 1. The SMILES string of the molecule is C1=C[C@@H]2C[C@@H]1C[C@@H]2[C@@H]1CO1. The van der Waals surface area contributed by atoms with E-state index in [4.69, 9.17) is 4.74 Å². The smallest absolute Gasteiger partial charge is 0.0843 e. The molecule has 1 saturated carbocycles. The van der Waals surface area contributed by atoms with Crippen LogP contribution in [0.3, 0.4) is 0 Å². The van der Waals surface area contributed by atoms with Crippen molar-refractivity contribution in [2.45, 2.75) is 18.9 Å². The summed E-state index contributed by atoms with van der Waals surface area (Å²) in [5.41, 5.74) is 0. The Hall–Kier alpha value is -0.300. The lowest BCUT2D eigenvalue weighted by Crippen LogP contribution is -2.13. The number of hydrogen-bond acceptors (Lipinski definition) is 1. The zero-order chi connectivity index (χ0) is 6.55. The normalized spacial score (nSPS) is 56.0. The summed E-state index contributed by atoms with van der Waals surface area (Å²) in [5.74, 6) is 2.70. The quantitative estimate of drug-likeness (QED) is 0.394. The summed E-state index contributed by atoms with van der Waals surface area (Å²) in [7, 11) is 0. The van der Waals surface area contributed by atoms with E-state index in [1.807, 2.05) is 0 Å². The molecule has 0 radical (unpaired) electrons. The first-order valence-electron chi connectivity index (χ1n) is 4.23. The van der Waals surface area contributed by atoms with Crippen LogP contribution in [-0.4, -0.2) is 12.7 Å².